The number of nitrogens with two attached hydrogens (primary N) is 1. The number of benzene rings is 1. The Hall–Kier alpha value is -1.54. The molecule has 7 heteroatoms. The predicted molar refractivity (Wildman–Crippen MR) is 81.2 cm³/mol. The number of hydrogen-bond acceptors (Lipinski definition) is 5. The average Bonchev–Trinajstić information content (AvgIpc) is 3.11. The van der Waals surface area contributed by atoms with Crippen LogP contribution in [0.4, 0.5) is 8.78 Å². The monoisotopic (exact) mass is 322 g/mol. The summed E-state index contributed by atoms with van der Waals surface area (Å²) >= 11 is 0. The largest absolute Gasteiger partial charge is 0.370 e. The van der Waals surface area contributed by atoms with Gasteiger partial charge in [-0.3, -0.25) is 4.90 Å². The lowest BCUT2D eigenvalue weighted by molar-refractivity contribution is -0.0468. The van der Waals surface area contributed by atoms with Gasteiger partial charge in [0.25, 0.3) is 0 Å². The average molecular weight is 322 g/mol. The van der Waals surface area contributed by atoms with E-state index in [2.05, 4.69) is 15.8 Å². The van der Waals surface area contributed by atoms with E-state index in [9.17, 15) is 8.78 Å². The maximum atomic E-state index is 13.9. The van der Waals surface area contributed by atoms with Gasteiger partial charge in [0.2, 0.25) is 0 Å². The number of nitrogens with one attached hydrogen (secondary N) is 2. The summed E-state index contributed by atoms with van der Waals surface area (Å²) in [6, 6.07) is 3.26. The standard InChI is InChI=1S/C16H20F2N4O/c17-10-1-2-13(18)12(3-10)16-14(19)4-11(8-23-16)22-6-9-5-20-21-15(9)7-22/h1-3,11,14,16,20-21H,4-8,19H2/t11?,14-,16?/m0/s1. The van der Waals surface area contributed by atoms with Crippen LogP contribution >= 0.6 is 0 Å². The van der Waals surface area contributed by atoms with Crippen LogP contribution in [-0.2, 0) is 4.74 Å². The molecule has 0 saturated carbocycles. The van der Waals surface area contributed by atoms with Gasteiger partial charge in [0.1, 0.15) is 17.7 Å². The summed E-state index contributed by atoms with van der Waals surface area (Å²) in [6.07, 6.45) is 0.110. The topological polar surface area (TPSA) is 62.5 Å². The van der Waals surface area contributed by atoms with Gasteiger partial charge in [-0.15, -0.1) is 0 Å². The molecular formula is C16H20F2N4O. The molecule has 3 aliphatic rings. The van der Waals surface area contributed by atoms with E-state index >= 15 is 0 Å². The first-order valence-corrected chi connectivity index (χ1v) is 7.88. The highest BCUT2D eigenvalue weighted by Gasteiger charge is 2.37. The lowest BCUT2D eigenvalue weighted by Gasteiger charge is -2.39. The van der Waals surface area contributed by atoms with Crippen LogP contribution in [0.3, 0.4) is 0 Å². The molecule has 3 heterocycles. The number of halogens is 2. The molecule has 3 aliphatic heterocycles. The van der Waals surface area contributed by atoms with Crippen LogP contribution < -0.4 is 16.6 Å². The van der Waals surface area contributed by atoms with Crippen LogP contribution in [0.15, 0.2) is 29.5 Å². The minimum absolute atomic E-state index is 0.199. The van der Waals surface area contributed by atoms with Crippen molar-refractivity contribution in [1.82, 2.24) is 15.8 Å². The van der Waals surface area contributed by atoms with E-state index < -0.39 is 17.7 Å². The van der Waals surface area contributed by atoms with Crippen LogP contribution in [0.1, 0.15) is 18.1 Å². The van der Waals surface area contributed by atoms with Gasteiger partial charge in [-0.25, -0.2) is 14.2 Å². The Morgan fingerprint density at radius 2 is 2.13 bits per heavy atom. The number of nitrogens with zero attached hydrogens (tertiary/aromatic N) is 1. The zero-order valence-electron chi connectivity index (χ0n) is 12.7. The third kappa shape index (κ3) is 2.74. The Morgan fingerprint density at radius 1 is 1.26 bits per heavy atom. The lowest BCUT2D eigenvalue weighted by atomic mass is 9.93. The van der Waals surface area contributed by atoms with E-state index in [0.717, 1.165) is 31.8 Å². The Balaban J connectivity index is 1.43. The molecule has 0 spiro atoms. The summed E-state index contributed by atoms with van der Waals surface area (Å²) in [7, 11) is 0. The zero-order chi connectivity index (χ0) is 16.0. The van der Waals surface area contributed by atoms with Crippen LogP contribution in [0.2, 0.25) is 0 Å². The molecule has 1 aromatic carbocycles. The Labute approximate surface area is 133 Å². The normalized spacial score (nSPS) is 31.3. The molecule has 124 valence electrons. The van der Waals surface area contributed by atoms with Crippen molar-refractivity contribution in [2.45, 2.75) is 24.6 Å². The van der Waals surface area contributed by atoms with Crippen molar-refractivity contribution < 1.29 is 13.5 Å². The molecule has 0 aliphatic carbocycles. The lowest BCUT2D eigenvalue weighted by Crippen LogP contribution is -2.49. The van der Waals surface area contributed by atoms with Gasteiger partial charge in [-0.1, -0.05) is 0 Å². The summed E-state index contributed by atoms with van der Waals surface area (Å²) in [5.74, 6) is -0.944. The minimum Gasteiger partial charge on any atom is -0.370 e. The second-order valence-electron chi connectivity index (χ2n) is 6.44. The second-order valence-corrected chi connectivity index (χ2v) is 6.44. The van der Waals surface area contributed by atoms with Gasteiger partial charge in [0.15, 0.2) is 0 Å². The molecule has 23 heavy (non-hydrogen) atoms. The fourth-order valence-corrected chi connectivity index (χ4v) is 3.67. The zero-order valence-corrected chi connectivity index (χ0v) is 12.7. The van der Waals surface area contributed by atoms with E-state index in [-0.39, 0.29) is 17.6 Å². The molecule has 0 aromatic heterocycles. The first kappa shape index (κ1) is 15.0. The predicted octanol–water partition coefficient (Wildman–Crippen LogP) is 0.800. The molecule has 1 saturated heterocycles. The maximum absolute atomic E-state index is 13.9. The Morgan fingerprint density at radius 3 is 2.91 bits per heavy atom. The number of ether oxygens (including phenoxy) is 1. The van der Waals surface area contributed by atoms with E-state index in [0.29, 0.717) is 13.0 Å². The van der Waals surface area contributed by atoms with Gasteiger partial charge >= 0.3 is 0 Å². The number of hydrogen-bond donors (Lipinski definition) is 3. The number of hydrazine groups is 1. The number of rotatable bonds is 2. The summed E-state index contributed by atoms with van der Waals surface area (Å²) in [6.45, 7) is 3.09. The van der Waals surface area contributed by atoms with Gasteiger partial charge in [0.05, 0.1) is 6.61 Å². The maximum Gasteiger partial charge on any atom is 0.129 e. The quantitative estimate of drug-likeness (QED) is 0.752. The van der Waals surface area contributed by atoms with Gasteiger partial charge in [-0.2, -0.15) is 0 Å². The molecule has 5 nitrogen and oxygen atoms in total. The minimum atomic E-state index is -0.593. The van der Waals surface area contributed by atoms with Crippen molar-refractivity contribution in [3.63, 3.8) is 0 Å². The molecule has 0 bridgehead atoms. The fourth-order valence-electron chi connectivity index (χ4n) is 3.67. The summed E-state index contributed by atoms with van der Waals surface area (Å²) in [5, 5.41) is 0. The van der Waals surface area contributed by atoms with Crippen molar-refractivity contribution in [3.8, 4) is 0 Å². The third-order valence-electron chi connectivity index (χ3n) is 4.91. The molecular weight excluding hydrogens is 302 g/mol. The van der Waals surface area contributed by atoms with E-state index in [1.165, 1.54) is 17.3 Å². The van der Waals surface area contributed by atoms with Crippen molar-refractivity contribution >= 4 is 0 Å². The molecule has 1 aromatic rings. The molecule has 4 N–H and O–H groups in total. The molecule has 2 unspecified atom stereocenters. The van der Waals surface area contributed by atoms with Gasteiger partial charge < -0.3 is 15.9 Å². The first-order chi connectivity index (χ1) is 11.1. The van der Waals surface area contributed by atoms with Crippen LogP contribution in [-0.4, -0.2) is 43.2 Å². The van der Waals surface area contributed by atoms with Crippen molar-refractivity contribution in [1.29, 1.82) is 0 Å². The van der Waals surface area contributed by atoms with Crippen LogP contribution in [0.25, 0.3) is 0 Å². The highest BCUT2D eigenvalue weighted by molar-refractivity contribution is 5.27. The van der Waals surface area contributed by atoms with Crippen molar-refractivity contribution in [2.24, 2.45) is 5.73 Å². The summed E-state index contributed by atoms with van der Waals surface area (Å²) in [4.78, 5) is 2.33. The van der Waals surface area contributed by atoms with Gasteiger partial charge in [-0.05, 0) is 30.2 Å². The Bertz CT molecular complexity index is 635. The first-order valence-electron chi connectivity index (χ1n) is 7.88. The Kier molecular flexibility index (Phi) is 3.81. The van der Waals surface area contributed by atoms with Gasteiger partial charge in [0, 0.05) is 43.0 Å². The molecule has 1 fully saturated rings. The van der Waals surface area contributed by atoms with E-state index in [1.54, 1.807) is 0 Å². The highest BCUT2D eigenvalue weighted by Crippen LogP contribution is 2.32. The van der Waals surface area contributed by atoms with Crippen molar-refractivity contribution in [2.75, 3.05) is 26.2 Å². The highest BCUT2D eigenvalue weighted by atomic mass is 19.1. The summed E-state index contributed by atoms with van der Waals surface area (Å²) < 4.78 is 33.2. The second kappa shape index (κ2) is 5.83. The fraction of sp³-hybridized carbons (Fsp3) is 0.500. The molecule has 3 atom stereocenters. The van der Waals surface area contributed by atoms with Crippen LogP contribution in [0, 0.1) is 11.6 Å². The van der Waals surface area contributed by atoms with Crippen LogP contribution in [0.5, 0.6) is 0 Å². The third-order valence-corrected chi connectivity index (χ3v) is 4.91. The molecule has 0 amide bonds. The molecule has 4 rings (SSSR count). The van der Waals surface area contributed by atoms with E-state index in [1.807, 2.05) is 0 Å². The van der Waals surface area contributed by atoms with Crippen molar-refractivity contribution in [3.05, 3.63) is 46.7 Å². The molecule has 0 radical (unpaired) electrons. The SMILES string of the molecule is N[C@H]1CC(N2CC3=C(C2)NNC3)COC1c1cc(F)ccc1F. The smallest absolute Gasteiger partial charge is 0.129 e. The summed E-state index contributed by atoms with van der Waals surface area (Å²) in [5.41, 5.74) is 15.3. The van der Waals surface area contributed by atoms with E-state index in [4.69, 9.17) is 10.5 Å².